The zero-order valence-electron chi connectivity index (χ0n) is 26.3. The molecule has 2 aliphatic rings. The quantitative estimate of drug-likeness (QED) is 0.271. The summed E-state index contributed by atoms with van der Waals surface area (Å²) in [5, 5.41) is 40.1. The first-order valence-corrected chi connectivity index (χ1v) is 17.5. The van der Waals surface area contributed by atoms with E-state index in [2.05, 4.69) is 76.6 Å². The summed E-state index contributed by atoms with van der Waals surface area (Å²) >= 11 is 0. The molecule has 0 aromatic carbocycles. The smallest absolute Gasteiger partial charge is 0.870 e. The van der Waals surface area contributed by atoms with Crippen LogP contribution in [0.25, 0.3) is 0 Å². The largest absolute Gasteiger partial charge is 1.00 e. The van der Waals surface area contributed by atoms with E-state index in [4.69, 9.17) is 19.3 Å². The van der Waals surface area contributed by atoms with Gasteiger partial charge in [-0.15, -0.1) is 36.7 Å². The Bertz CT molecular complexity index is 978. The van der Waals surface area contributed by atoms with Crippen LogP contribution in [0.1, 0.15) is 87.9 Å². The molecule has 0 aliphatic heterocycles. The van der Waals surface area contributed by atoms with E-state index in [1.165, 1.54) is 0 Å². The molecule has 0 saturated heterocycles. The Morgan fingerprint density at radius 3 is 1.44 bits per heavy atom. The van der Waals surface area contributed by atoms with E-state index in [0.29, 0.717) is 19.3 Å². The maximum atomic E-state index is 10.4. The molecule has 5 nitrogen and oxygen atoms in total. The molecule has 0 spiro atoms. The molecule has 2 saturated carbocycles. The summed E-state index contributed by atoms with van der Waals surface area (Å²) in [5.41, 5.74) is 1.75. The SMILES string of the molecule is C.C#CCC[C@H]1C(C)(C)CC[C@@H](O)[C@@]1(C#C)CO.C#C[C@@]1(CO)[C@H](O)CCC(C)(C)[C@@H]1CCC#C[Si](C)(C)C.[2HH].[K+].[OH-]. The molecule has 0 aromatic heterocycles. The molecule has 7 heteroatoms. The molecule has 6 atom stereocenters. The Morgan fingerprint density at radius 2 is 1.15 bits per heavy atom. The van der Waals surface area contributed by atoms with Gasteiger partial charge in [0.15, 0.2) is 0 Å². The van der Waals surface area contributed by atoms with Crippen LogP contribution < -0.4 is 51.4 Å². The topological polar surface area (TPSA) is 111 Å². The first kappa shape index (κ1) is 45.3. The standard InChI is InChI=1S/C18H30O2Si.C15H22O2.CH4.K.H2O.H2/c1-7-18(14-19)15(10-8-9-13-21(4,5)6)17(2,3)12-11-16(18)20;1-5-7-8-12-14(3,4)10-9-13(17)15(12,6-2)11-16;;;;/h1,15-16,19-20H,8,10-12,14H2,2-6H3;1-2,12-13,16-17H,7-11H2,3-4H3;1H4;;1H2;1H/q;;;+1;;/p-1/t15-,16+,18-;12-,13+,15-;;;;/m00..../s1/i;;;;;1+1. The molecule has 230 valence electrons. The molecule has 2 aliphatic carbocycles. The van der Waals surface area contributed by atoms with Crippen molar-refractivity contribution < 1.29 is 78.7 Å². The van der Waals surface area contributed by atoms with E-state index in [0.717, 1.165) is 32.1 Å². The van der Waals surface area contributed by atoms with Crippen molar-refractivity contribution in [2.45, 2.75) is 118 Å². The number of hydrogen-bond donors (Lipinski definition) is 4. The summed E-state index contributed by atoms with van der Waals surface area (Å²) in [6.45, 7) is 15.0. The molecular formula is C34H59KO5Si. The number of aliphatic hydroxyl groups excluding tert-OH is 4. The molecular weight excluding hydrogens is 556 g/mol. The molecule has 41 heavy (non-hydrogen) atoms. The van der Waals surface area contributed by atoms with Crippen molar-refractivity contribution in [1.82, 2.24) is 0 Å². The van der Waals surface area contributed by atoms with Gasteiger partial charge in [0.2, 0.25) is 0 Å². The minimum Gasteiger partial charge on any atom is -0.870 e. The van der Waals surface area contributed by atoms with Gasteiger partial charge in [-0.25, -0.2) is 0 Å². The van der Waals surface area contributed by atoms with Gasteiger partial charge >= 0.3 is 51.4 Å². The van der Waals surface area contributed by atoms with Gasteiger partial charge in [-0.2, -0.15) is 0 Å². The Morgan fingerprint density at radius 1 is 0.780 bits per heavy atom. The van der Waals surface area contributed by atoms with E-state index < -0.39 is 31.1 Å². The average molecular weight is 616 g/mol. The van der Waals surface area contributed by atoms with Gasteiger partial charge in [-0.05, 0) is 61.2 Å². The maximum absolute atomic E-state index is 10.4. The van der Waals surface area contributed by atoms with Crippen LogP contribution in [0.2, 0.25) is 19.6 Å². The summed E-state index contributed by atoms with van der Waals surface area (Å²) in [6.07, 6.45) is 21.6. The molecule has 0 bridgehead atoms. The Labute approximate surface area is 297 Å². The number of rotatable bonds is 6. The summed E-state index contributed by atoms with van der Waals surface area (Å²) in [6, 6.07) is 0. The van der Waals surface area contributed by atoms with Crippen molar-refractivity contribution >= 4 is 8.07 Å². The van der Waals surface area contributed by atoms with Crippen molar-refractivity contribution in [2.24, 2.45) is 33.5 Å². The van der Waals surface area contributed by atoms with Gasteiger partial charge in [0, 0.05) is 14.3 Å². The molecule has 0 heterocycles. The fourth-order valence-electron chi connectivity index (χ4n) is 6.72. The average Bonchev–Trinajstić information content (AvgIpc) is 2.84. The van der Waals surface area contributed by atoms with Crippen LogP contribution in [0.3, 0.4) is 0 Å². The predicted molar refractivity (Wildman–Crippen MR) is 171 cm³/mol. The minimum absolute atomic E-state index is 0. The summed E-state index contributed by atoms with van der Waals surface area (Å²) < 4.78 is 0. The fourth-order valence-corrected chi connectivity index (χ4v) is 7.38. The van der Waals surface area contributed by atoms with E-state index in [9.17, 15) is 20.4 Å². The monoisotopic (exact) mass is 615 g/mol. The Balaban J connectivity index is -0.000000319. The van der Waals surface area contributed by atoms with Crippen molar-refractivity contribution in [2.75, 3.05) is 13.2 Å². The fraction of sp³-hybridized carbons (Fsp3) is 0.765. The summed E-state index contributed by atoms with van der Waals surface area (Å²) in [5.74, 6) is 11.5. The van der Waals surface area contributed by atoms with E-state index >= 15 is 0 Å². The number of terminal acetylenes is 3. The first-order chi connectivity index (χ1) is 17.5. The van der Waals surface area contributed by atoms with Crippen LogP contribution in [0.5, 0.6) is 0 Å². The molecule has 0 aromatic rings. The second kappa shape index (κ2) is 18.6. The van der Waals surface area contributed by atoms with Crippen LogP contribution in [0.15, 0.2) is 0 Å². The normalized spacial score (nSPS) is 31.2. The second-order valence-corrected chi connectivity index (χ2v) is 18.5. The third-order valence-electron chi connectivity index (χ3n) is 9.10. The predicted octanol–water partition coefficient (Wildman–Crippen LogP) is 2.57. The molecule has 5 N–H and O–H groups in total. The van der Waals surface area contributed by atoms with Crippen molar-refractivity contribution in [3.63, 3.8) is 0 Å². The maximum Gasteiger partial charge on any atom is 1.00 e. The Hall–Kier alpha value is -0.107. The molecule has 0 radical (unpaired) electrons. The van der Waals surface area contributed by atoms with Crippen molar-refractivity contribution in [3.05, 3.63) is 0 Å². The van der Waals surface area contributed by atoms with Crippen molar-refractivity contribution in [1.29, 1.82) is 0 Å². The van der Waals surface area contributed by atoms with Crippen LogP contribution >= 0.6 is 0 Å². The van der Waals surface area contributed by atoms with Crippen LogP contribution in [0.4, 0.5) is 0 Å². The summed E-state index contributed by atoms with van der Waals surface area (Å²) in [7, 11) is -1.35. The second-order valence-electron chi connectivity index (χ2n) is 13.7. The molecule has 0 amide bonds. The number of aliphatic hydroxyl groups is 4. The molecule has 0 unspecified atom stereocenters. The van der Waals surface area contributed by atoms with Gasteiger partial charge < -0.3 is 25.9 Å². The zero-order valence-corrected chi connectivity index (χ0v) is 30.5. The van der Waals surface area contributed by atoms with Gasteiger partial charge in [-0.1, -0.05) is 66.6 Å². The molecule has 2 fully saturated rings. The van der Waals surface area contributed by atoms with E-state index in [-0.39, 0.29) is 102 Å². The number of hydrogen-bond acceptors (Lipinski definition) is 5. The van der Waals surface area contributed by atoms with Gasteiger partial charge in [-0.3, -0.25) is 0 Å². The third-order valence-corrected chi connectivity index (χ3v) is 10.0. The Kier molecular flexibility index (Phi) is 20.6. The summed E-state index contributed by atoms with van der Waals surface area (Å²) in [4.78, 5) is 0. The van der Waals surface area contributed by atoms with E-state index in [1.807, 2.05) is 0 Å². The molecule has 2 rings (SSSR count). The minimum atomic E-state index is -1.35. The third kappa shape index (κ3) is 11.1. The van der Waals surface area contributed by atoms with E-state index in [1.54, 1.807) is 0 Å². The van der Waals surface area contributed by atoms with Crippen molar-refractivity contribution in [3.8, 4) is 48.5 Å². The van der Waals surface area contributed by atoms with Gasteiger partial charge in [0.05, 0.1) is 36.3 Å². The van der Waals surface area contributed by atoms with Gasteiger partial charge in [0.25, 0.3) is 0 Å². The van der Waals surface area contributed by atoms with Crippen LogP contribution in [0, 0.1) is 82.0 Å². The van der Waals surface area contributed by atoms with Gasteiger partial charge in [0.1, 0.15) is 8.07 Å². The van der Waals surface area contributed by atoms with Crippen LogP contribution in [-0.4, -0.2) is 59.4 Å². The zero-order chi connectivity index (χ0) is 29.4. The first-order valence-electron chi connectivity index (χ1n) is 14.0. The van der Waals surface area contributed by atoms with Crippen LogP contribution in [-0.2, 0) is 0 Å².